The van der Waals surface area contributed by atoms with Crippen LogP contribution in [0.5, 0.6) is 0 Å². The molecule has 0 fully saturated rings. The van der Waals surface area contributed by atoms with E-state index in [4.69, 9.17) is 0 Å². The Kier molecular flexibility index (Phi) is 3.73. The van der Waals surface area contributed by atoms with Gasteiger partial charge in [0.05, 0.1) is 8.07 Å². The van der Waals surface area contributed by atoms with Gasteiger partial charge < -0.3 is 0 Å². The van der Waals surface area contributed by atoms with Gasteiger partial charge in [-0.2, -0.15) is 0 Å². The lowest BCUT2D eigenvalue weighted by molar-refractivity contribution is 1.53. The van der Waals surface area contributed by atoms with Gasteiger partial charge in [-0.3, -0.25) is 0 Å². The summed E-state index contributed by atoms with van der Waals surface area (Å²) < 4.78 is 1.31. The third-order valence-electron chi connectivity index (χ3n) is 2.28. The van der Waals surface area contributed by atoms with Gasteiger partial charge in [-0.1, -0.05) is 36.5 Å². The largest absolute Gasteiger partial charge is 0.103 e. The Morgan fingerprint density at radius 2 is 1.85 bits per heavy atom. The molecule has 1 aromatic rings. The topological polar surface area (TPSA) is 0 Å². The molecule has 0 unspecified atom stereocenters. The molecule has 70 valence electrons. The summed E-state index contributed by atoms with van der Waals surface area (Å²) in [5, 5.41) is 1.52. The summed E-state index contributed by atoms with van der Waals surface area (Å²) in [4.78, 5) is 0. The maximum Gasteiger partial charge on any atom is 0.0843 e. The summed E-state index contributed by atoms with van der Waals surface area (Å²) in [6.07, 6.45) is 2.05. The third-order valence-corrected chi connectivity index (χ3v) is 6.21. The molecule has 0 atom stereocenters. The minimum absolute atomic E-state index is 1.16. The van der Waals surface area contributed by atoms with Gasteiger partial charge in [-0.05, 0) is 40.8 Å². The van der Waals surface area contributed by atoms with Crippen LogP contribution in [0.1, 0.15) is 0 Å². The fourth-order valence-corrected chi connectivity index (χ4v) is 3.77. The van der Waals surface area contributed by atoms with Gasteiger partial charge in [0.15, 0.2) is 0 Å². The highest BCUT2D eigenvalue weighted by Crippen LogP contribution is 2.11. The van der Waals surface area contributed by atoms with E-state index >= 15 is 0 Å². The first-order valence-electron chi connectivity index (χ1n) is 4.43. The summed E-state index contributed by atoms with van der Waals surface area (Å²) in [7, 11) is -1.22. The van der Waals surface area contributed by atoms with Crippen molar-refractivity contribution in [1.82, 2.24) is 0 Å². The highest BCUT2D eigenvalue weighted by Gasteiger charge is 2.20. The molecule has 0 nitrogen and oxygen atoms in total. The van der Waals surface area contributed by atoms with Crippen molar-refractivity contribution in [2.75, 3.05) is 0 Å². The van der Waals surface area contributed by atoms with Crippen LogP contribution >= 0.6 is 22.6 Å². The number of hydrogen-bond donors (Lipinski definition) is 0. The van der Waals surface area contributed by atoms with Crippen LogP contribution in [0.2, 0.25) is 19.1 Å². The van der Waals surface area contributed by atoms with Crippen molar-refractivity contribution in [2.45, 2.75) is 19.1 Å². The predicted octanol–water partition coefficient (Wildman–Crippen LogP) is 3.39. The summed E-state index contributed by atoms with van der Waals surface area (Å²) in [5.41, 5.74) is 0. The number of hydrogen-bond acceptors (Lipinski definition) is 0. The van der Waals surface area contributed by atoms with Crippen LogP contribution < -0.4 is 5.19 Å². The molecule has 0 aliphatic carbocycles. The number of halogens is 1. The Balaban J connectivity index is 2.93. The first-order valence-corrected chi connectivity index (χ1v) is 8.72. The van der Waals surface area contributed by atoms with Gasteiger partial charge in [-0.25, -0.2) is 0 Å². The highest BCUT2D eigenvalue weighted by molar-refractivity contribution is 14.1. The molecule has 0 bridgehead atoms. The zero-order chi connectivity index (χ0) is 9.90. The molecule has 0 saturated heterocycles. The van der Waals surface area contributed by atoms with Gasteiger partial charge in [0, 0.05) is 3.57 Å². The Hall–Kier alpha value is -0.0931. The monoisotopic (exact) mass is 302 g/mol. The van der Waals surface area contributed by atoms with Crippen LogP contribution in [-0.2, 0) is 0 Å². The van der Waals surface area contributed by atoms with E-state index in [1.54, 1.807) is 0 Å². The Morgan fingerprint density at radius 3 is 2.31 bits per heavy atom. The Labute approximate surface area is 95.2 Å². The molecule has 0 aliphatic rings. The molecule has 0 aromatic heterocycles. The van der Waals surface area contributed by atoms with Crippen molar-refractivity contribution in [3.05, 3.63) is 40.5 Å². The average molecular weight is 302 g/mol. The van der Waals surface area contributed by atoms with E-state index in [1.807, 2.05) is 6.08 Å². The van der Waals surface area contributed by atoms with E-state index in [0.717, 1.165) is 6.04 Å². The van der Waals surface area contributed by atoms with Crippen molar-refractivity contribution in [2.24, 2.45) is 0 Å². The lowest BCUT2D eigenvalue weighted by Gasteiger charge is -2.20. The predicted molar refractivity (Wildman–Crippen MR) is 71.3 cm³/mol. The van der Waals surface area contributed by atoms with Crippen molar-refractivity contribution < 1.29 is 0 Å². The molecular weight excluding hydrogens is 287 g/mol. The molecule has 0 spiro atoms. The van der Waals surface area contributed by atoms with Crippen molar-refractivity contribution in [3.8, 4) is 0 Å². The molecule has 0 radical (unpaired) electrons. The lowest BCUT2D eigenvalue weighted by atomic mass is 10.4. The Morgan fingerprint density at radius 1 is 1.31 bits per heavy atom. The third kappa shape index (κ3) is 2.95. The van der Waals surface area contributed by atoms with Crippen molar-refractivity contribution in [1.29, 1.82) is 0 Å². The van der Waals surface area contributed by atoms with E-state index in [9.17, 15) is 0 Å². The maximum atomic E-state index is 3.82. The van der Waals surface area contributed by atoms with E-state index in [0.29, 0.717) is 0 Å². The lowest BCUT2D eigenvalue weighted by Crippen LogP contribution is -2.40. The number of benzene rings is 1. The molecule has 0 saturated carbocycles. The van der Waals surface area contributed by atoms with Crippen LogP contribution in [0.15, 0.2) is 36.9 Å². The zero-order valence-electron chi connectivity index (χ0n) is 8.18. The fourth-order valence-electron chi connectivity index (χ4n) is 1.38. The van der Waals surface area contributed by atoms with Crippen LogP contribution in [0.3, 0.4) is 0 Å². The summed E-state index contributed by atoms with van der Waals surface area (Å²) in [6.45, 7) is 8.59. The minimum atomic E-state index is -1.22. The van der Waals surface area contributed by atoms with E-state index in [1.165, 1.54) is 8.76 Å². The van der Waals surface area contributed by atoms with Gasteiger partial charge >= 0.3 is 0 Å². The number of allylic oxidation sites excluding steroid dienone is 1. The second-order valence-electron chi connectivity index (χ2n) is 3.88. The van der Waals surface area contributed by atoms with Crippen LogP contribution in [0.4, 0.5) is 0 Å². The van der Waals surface area contributed by atoms with E-state index < -0.39 is 8.07 Å². The molecule has 1 aromatic carbocycles. The molecule has 0 heterocycles. The molecule has 1 rings (SSSR count). The SMILES string of the molecule is C=CC[Si](C)(C)c1ccc(I)cc1. The van der Waals surface area contributed by atoms with Gasteiger partial charge in [-0.15, -0.1) is 6.58 Å². The normalized spacial score (nSPS) is 11.3. The minimum Gasteiger partial charge on any atom is -0.103 e. The van der Waals surface area contributed by atoms with Gasteiger partial charge in [0.1, 0.15) is 0 Å². The second-order valence-corrected chi connectivity index (χ2v) is 9.88. The van der Waals surface area contributed by atoms with Gasteiger partial charge in [0.25, 0.3) is 0 Å². The first kappa shape index (κ1) is 11.0. The summed E-state index contributed by atoms with van der Waals surface area (Å²) in [6, 6.07) is 10.1. The standard InChI is InChI=1S/C11H15ISi/c1-4-9-13(2,3)11-7-5-10(12)6-8-11/h4-8H,1,9H2,2-3H3. The van der Waals surface area contributed by atoms with Crippen molar-refractivity contribution >= 4 is 35.9 Å². The molecule has 0 amide bonds. The highest BCUT2D eigenvalue weighted by atomic mass is 127. The maximum absolute atomic E-state index is 3.82. The van der Waals surface area contributed by atoms with E-state index in [2.05, 4.69) is 66.5 Å². The molecular formula is C11H15ISi. The van der Waals surface area contributed by atoms with Crippen molar-refractivity contribution in [3.63, 3.8) is 0 Å². The first-order chi connectivity index (χ1) is 6.06. The fraction of sp³-hybridized carbons (Fsp3) is 0.273. The number of rotatable bonds is 3. The summed E-state index contributed by atoms with van der Waals surface area (Å²) in [5.74, 6) is 0. The van der Waals surface area contributed by atoms with Crippen LogP contribution in [0, 0.1) is 3.57 Å². The summed E-state index contributed by atoms with van der Waals surface area (Å²) >= 11 is 2.34. The average Bonchev–Trinajstić information content (AvgIpc) is 2.05. The molecule has 13 heavy (non-hydrogen) atoms. The molecule has 0 N–H and O–H groups in total. The Bertz CT molecular complexity index is 287. The second kappa shape index (κ2) is 4.42. The van der Waals surface area contributed by atoms with E-state index in [-0.39, 0.29) is 0 Å². The smallest absolute Gasteiger partial charge is 0.0843 e. The van der Waals surface area contributed by atoms with Crippen LogP contribution in [-0.4, -0.2) is 8.07 Å². The van der Waals surface area contributed by atoms with Crippen LogP contribution in [0.25, 0.3) is 0 Å². The quantitative estimate of drug-likeness (QED) is 0.456. The molecule has 0 aliphatic heterocycles. The van der Waals surface area contributed by atoms with Gasteiger partial charge in [0.2, 0.25) is 0 Å². The molecule has 2 heteroatoms. The zero-order valence-corrected chi connectivity index (χ0v) is 11.3.